The van der Waals surface area contributed by atoms with Crippen LogP contribution in [0.15, 0.2) is 0 Å². The van der Waals surface area contributed by atoms with E-state index in [-0.39, 0.29) is 17.8 Å². The third kappa shape index (κ3) is 5.93. The van der Waals surface area contributed by atoms with E-state index in [1.54, 1.807) is 5.01 Å². The van der Waals surface area contributed by atoms with Crippen molar-refractivity contribution in [1.29, 1.82) is 0 Å². The molecule has 0 radical (unpaired) electrons. The molecule has 2 aliphatic heterocycles. The zero-order valence-corrected chi connectivity index (χ0v) is 16.2. The van der Waals surface area contributed by atoms with E-state index in [0.717, 1.165) is 6.26 Å². The molecule has 0 bridgehead atoms. The molecular formula is C16H28N2O6S. The molecule has 2 saturated heterocycles. The van der Waals surface area contributed by atoms with Crippen LogP contribution in [0.5, 0.6) is 0 Å². The third-order valence-corrected chi connectivity index (χ3v) is 4.79. The highest BCUT2D eigenvalue weighted by atomic mass is 32.2. The van der Waals surface area contributed by atoms with Crippen LogP contribution in [-0.4, -0.2) is 67.9 Å². The second-order valence-electron chi connectivity index (χ2n) is 7.65. The third-order valence-electron chi connectivity index (χ3n) is 4.21. The van der Waals surface area contributed by atoms with E-state index in [0.29, 0.717) is 45.3 Å². The van der Waals surface area contributed by atoms with E-state index in [9.17, 15) is 18.0 Å². The summed E-state index contributed by atoms with van der Waals surface area (Å²) in [4.78, 5) is 24.7. The Morgan fingerprint density at radius 2 is 1.72 bits per heavy atom. The fourth-order valence-corrected chi connectivity index (χ4v) is 3.74. The summed E-state index contributed by atoms with van der Waals surface area (Å²) in [5, 5.41) is 3.46. The van der Waals surface area contributed by atoms with Crippen LogP contribution in [0.1, 0.15) is 46.5 Å². The molecule has 144 valence electrons. The van der Waals surface area contributed by atoms with Gasteiger partial charge < -0.3 is 4.74 Å². The molecule has 0 unspecified atom stereocenters. The standard InChI is InChI=1S/C16H28N2O6S/c1-16(2,3)23-15(20)12-7-10-17(11-8-12)18-9-5-6-13(14(18)19)24-25(4,21)22/h12-13H,5-11H2,1-4H3/t13-/m1/s1. The molecule has 2 rings (SSSR count). The summed E-state index contributed by atoms with van der Waals surface area (Å²) in [5.41, 5.74) is -0.507. The van der Waals surface area contributed by atoms with Crippen molar-refractivity contribution in [3.05, 3.63) is 0 Å². The number of hydrazine groups is 1. The molecule has 0 aromatic carbocycles. The average molecular weight is 376 g/mol. The number of esters is 1. The molecule has 0 aliphatic carbocycles. The van der Waals surface area contributed by atoms with Gasteiger partial charge >= 0.3 is 5.97 Å². The molecule has 2 fully saturated rings. The summed E-state index contributed by atoms with van der Waals surface area (Å²) < 4.78 is 32.9. The predicted molar refractivity (Wildman–Crippen MR) is 90.8 cm³/mol. The van der Waals surface area contributed by atoms with Crippen LogP contribution < -0.4 is 0 Å². The zero-order chi connectivity index (χ0) is 18.8. The van der Waals surface area contributed by atoms with Gasteiger partial charge in [0.15, 0.2) is 6.10 Å². The van der Waals surface area contributed by atoms with E-state index < -0.39 is 21.8 Å². The van der Waals surface area contributed by atoms with E-state index in [1.807, 2.05) is 25.8 Å². The number of amides is 1. The Bertz CT molecular complexity index is 605. The number of nitrogens with zero attached hydrogens (tertiary/aromatic N) is 2. The maximum absolute atomic E-state index is 12.5. The van der Waals surface area contributed by atoms with Gasteiger partial charge in [-0.05, 0) is 46.5 Å². The largest absolute Gasteiger partial charge is 0.460 e. The van der Waals surface area contributed by atoms with Gasteiger partial charge in [-0.25, -0.2) is 5.01 Å². The lowest BCUT2D eigenvalue weighted by Crippen LogP contribution is -2.56. The predicted octanol–water partition coefficient (Wildman–Crippen LogP) is 0.922. The number of hydrogen-bond donors (Lipinski definition) is 0. The first-order valence-electron chi connectivity index (χ1n) is 8.63. The number of carbonyl (C=O) groups excluding carboxylic acids is 2. The molecule has 2 heterocycles. The summed E-state index contributed by atoms with van der Waals surface area (Å²) in [6.07, 6.45) is 2.29. The maximum Gasteiger partial charge on any atom is 0.309 e. The highest BCUT2D eigenvalue weighted by Crippen LogP contribution is 2.25. The number of carbonyl (C=O) groups is 2. The smallest absolute Gasteiger partial charge is 0.309 e. The van der Waals surface area contributed by atoms with Crippen LogP contribution in [0.2, 0.25) is 0 Å². The highest BCUT2D eigenvalue weighted by molar-refractivity contribution is 7.86. The topological polar surface area (TPSA) is 93.2 Å². The lowest BCUT2D eigenvalue weighted by molar-refractivity contribution is -0.170. The Labute approximate surface area is 149 Å². The van der Waals surface area contributed by atoms with Crippen LogP contribution in [-0.2, 0) is 28.6 Å². The molecule has 25 heavy (non-hydrogen) atoms. The minimum atomic E-state index is -3.68. The van der Waals surface area contributed by atoms with Gasteiger partial charge in [0.2, 0.25) is 0 Å². The molecule has 2 aliphatic rings. The van der Waals surface area contributed by atoms with Crippen LogP contribution in [0.25, 0.3) is 0 Å². The van der Waals surface area contributed by atoms with E-state index in [4.69, 9.17) is 8.92 Å². The fourth-order valence-electron chi connectivity index (χ4n) is 3.14. The Morgan fingerprint density at radius 3 is 2.24 bits per heavy atom. The molecule has 0 aromatic rings. The molecule has 0 saturated carbocycles. The van der Waals surface area contributed by atoms with Crippen molar-refractivity contribution in [2.45, 2.75) is 58.2 Å². The van der Waals surface area contributed by atoms with Crippen LogP contribution in [0.4, 0.5) is 0 Å². The van der Waals surface area contributed by atoms with Crippen molar-refractivity contribution in [2.24, 2.45) is 5.92 Å². The first-order valence-corrected chi connectivity index (χ1v) is 10.5. The Hall–Kier alpha value is -1.19. The summed E-state index contributed by atoms with van der Waals surface area (Å²) >= 11 is 0. The molecule has 1 atom stereocenters. The second kappa shape index (κ2) is 7.59. The lowest BCUT2D eigenvalue weighted by Gasteiger charge is -2.42. The number of piperidine rings is 2. The van der Waals surface area contributed by atoms with Crippen molar-refractivity contribution < 1.29 is 26.9 Å². The van der Waals surface area contributed by atoms with Gasteiger partial charge in [0.25, 0.3) is 16.0 Å². The molecule has 0 aromatic heterocycles. The van der Waals surface area contributed by atoms with Crippen molar-refractivity contribution in [3.8, 4) is 0 Å². The quantitative estimate of drug-likeness (QED) is 0.532. The molecule has 1 amide bonds. The fraction of sp³-hybridized carbons (Fsp3) is 0.875. The van der Waals surface area contributed by atoms with Crippen molar-refractivity contribution in [1.82, 2.24) is 10.0 Å². The van der Waals surface area contributed by atoms with E-state index in [1.165, 1.54) is 0 Å². The van der Waals surface area contributed by atoms with Gasteiger partial charge in [0, 0.05) is 19.6 Å². The zero-order valence-electron chi connectivity index (χ0n) is 15.4. The summed E-state index contributed by atoms with van der Waals surface area (Å²) in [7, 11) is -3.68. The Morgan fingerprint density at radius 1 is 1.12 bits per heavy atom. The van der Waals surface area contributed by atoms with Crippen molar-refractivity contribution in [2.75, 3.05) is 25.9 Å². The first-order chi connectivity index (χ1) is 11.5. The second-order valence-corrected chi connectivity index (χ2v) is 9.25. The Kier molecular flexibility index (Phi) is 6.11. The van der Waals surface area contributed by atoms with Crippen molar-refractivity contribution >= 4 is 22.0 Å². The average Bonchev–Trinajstić information content (AvgIpc) is 2.46. The minimum absolute atomic E-state index is 0.168. The minimum Gasteiger partial charge on any atom is -0.460 e. The molecule has 9 heteroatoms. The van der Waals surface area contributed by atoms with E-state index >= 15 is 0 Å². The van der Waals surface area contributed by atoms with Gasteiger partial charge in [0.1, 0.15) is 5.60 Å². The number of rotatable bonds is 4. The molecule has 0 N–H and O–H groups in total. The first kappa shape index (κ1) is 20.1. The van der Waals surface area contributed by atoms with Crippen LogP contribution >= 0.6 is 0 Å². The van der Waals surface area contributed by atoms with Crippen LogP contribution in [0, 0.1) is 5.92 Å². The summed E-state index contributed by atoms with van der Waals surface area (Å²) in [5.74, 6) is -0.693. The van der Waals surface area contributed by atoms with Crippen LogP contribution in [0.3, 0.4) is 0 Å². The van der Waals surface area contributed by atoms with E-state index in [2.05, 4.69) is 0 Å². The van der Waals surface area contributed by atoms with Gasteiger partial charge in [-0.2, -0.15) is 8.42 Å². The number of hydrogen-bond acceptors (Lipinski definition) is 7. The SMILES string of the molecule is CC(C)(C)OC(=O)C1CCN(N2CCC[C@@H](OS(C)(=O)=O)C2=O)CC1. The summed E-state index contributed by atoms with van der Waals surface area (Å²) in [6.45, 7) is 7.18. The van der Waals surface area contributed by atoms with Gasteiger partial charge in [0.05, 0.1) is 12.2 Å². The summed E-state index contributed by atoms with van der Waals surface area (Å²) in [6, 6.07) is 0. The normalized spacial score (nSPS) is 24.4. The van der Waals surface area contributed by atoms with Crippen molar-refractivity contribution in [3.63, 3.8) is 0 Å². The van der Waals surface area contributed by atoms with Gasteiger partial charge in [-0.1, -0.05) is 0 Å². The number of ether oxygens (including phenoxy) is 1. The molecule has 0 spiro atoms. The molecule has 8 nitrogen and oxygen atoms in total. The maximum atomic E-state index is 12.5. The Balaban J connectivity index is 1.91. The van der Waals surface area contributed by atoms with Gasteiger partial charge in [-0.3, -0.25) is 18.8 Å². The van der Waals surface area contributed by atoms with Gasteiger partial charge in [-0.15, -0.1) is 0 Å². The monoisotopic (exact) mass is 376 g/mol. The lowest BCUT2D eigenvalue weighted by atomic mass is 9.97. The highest BCUT2D eigenvalue weighted by Gasteiger charge is 2.37. The molecular weight excluding hydrogens is 348 g/mol.